The Morgan fingerprint density at radius 3 is 2.94 bits per heavy atom. The molecule has 0 saturated carbocycles. The summed E-state index contributed by atoms with van der Waals surface area (Å²) in [4.78, 5) is 2.33. The lowest BCUT2D eigenvalue weighted by molar-refractivity contribution is 0.167. The zero-order valence-corrected chi connectivity index (χ0v) is 11.5. The molecule has 18 heavy (non-hydrogen) atoms. The Bertz CT molecular complexity index is 551. The zero-order valence-electron chi connectivity index (χ0n) is 10.7. The molecule has 1 unspecified atom stereocenters. The fourth-order valence-corrected chi connectivity index (χ4v) is 5.37. The van der Waals surface area contributed by atoms with E-state index in [-0.39, 0.29) is 5.41 Å². The number of nitrogens with zero attached hydrogens (tertiary/aromatic N) is 3. The molecule has 1 atom stereocenters. The van der Waals surface area contributed by atoms with Crippen molar-refractivity contribution in [2.45, 2.75) is 26.4 Å². The molecule has 0 amide bonds. The largest absolute Gasteiger partial charge is 0.297 e. The third kappa shape index (κ3) is 2.07. The van der Waals surface area contributed by atoms with Crippen molar-refractivity contribution in [3.63, 3.8) is 0 Å². The molecule has 0 aromatic carbocycles. The van der Waals surface area contributed by atoms with Crippen LogP contribution < -0.4 is 0 Å². The third-order valence-corrected chi connectivity index (χ3v) is 6.03. The van der Waals surface area contributed by atoms with Gasteiger partial charge in [-0.15, -0.1) is 0 Å². The first-order valence-electron chi connectivity index (χ1n) is 6.45. The molecule has 6 heteroatoms. The van der Waals surface area contributed by atoms with Crippen LogP contribution in [-0.2, 0) is 22.9 Å². The van der Waals surface area contributed by atoms with Gasteiger partial charge in [0.05, 0.1) is 17.2 Å². The third-order valence-electron chi connectivity index (χ3n) is 4.15. The predicted molar refractivity (Wildman–Crippen MR) is 68.9 cm³/mol. The second-order valence-electron chi connectivity index (χ2n) is 5.63. The van der Waals surface area contributed by atoms with E-state index in [0.29, 0.717) is 11.5 Å². The van der Waals surface area contributed by atoms with Crippen LogP contribution in [-0.4, -0.2) is 47.7 Å². The minimum atomic E-state index is -2.86. The van der Waals surface area contributed by atoms with Crippen molar-refractivity contribution in [2.75, 3.05) is 24.6 Å². The molecule has 2 aliphatic heterocycles. The van der Waals surface area contributed by atoms with Gasteiger partial charge in [-0.2, -0.15) is 5.10 Å². The van der Waals surface area contributed by atoms with Crippen LogP contribution in [0.2, 0.25) is 0 Å². The van der Waals surface area contributed by atoms with Gasteiger partial charge < -0.3 is 0 Å². The molecule has 1 saturated heterocycles. The van der Waals surface area contributed by atoms with Crippen molar-refractivity contribution in [3.8, 4) is 0 Å². The van der Waals surface area contributed by atoms with Gasteiger partial charge in [0.2, 0.25) is 0 Å². The maximum absolute atomic E-state index is 11.8. The van der Waals surface area contributed by atoms with E-state index in [0.717, 1.165) is 32.6 Å². The average Bonchev–Trinajstić information content (AvgIpc) is 2.80. The summed E-state index contributed by atoms with van der Waals surface area (Å²) in [6.07, 6.45) is 2.58. The van der Waals surface area contributed by atoms with Crippen LogP contribution in [0, 0.1) is 5.41 Å². The second kappa shape index (κ2) is 4.06. The van der Waals surface area contributed by atoms with Crippen molar-refractivity contribution in [1.29, 1.82) is 0 Å². The zero-order chi connectivity index (χ0) is 12.8. The van der Waals surface area contributed by atoms with Gasteiger partial charge in [-0.05, 0) is 19.0 Å². The summed E-state index contributed by atoms with van der Waals surface area (Å²) in [5.74, 6) is 0.650. The van der Waals surface area contributed by atoms with E-state index in [1.165, 1.54) is 5.69 Å². The SMILES string of the molecule is CCN1Cc2ccnn2CC2(CCS(=O)(=O)C2)C1. The van der Waals surface area contributed by atoms with Gasteiger partial charge in [-0.1, -0.05) is 6.92 Å². The van der Waals surface area contributed by atoms with E-state index in [1.807, 2.05) is 16.9 Å². The molecule has 1 fully saturated rings. The second-order valence-corrected chi connectivity index (χ2v) is 7.81. The highest BCUT2D eigenvalue weighted by atomic mass is 32.2. The molecular formula is C12H19N3O2S. The van der Waals surface area contributed by atoms with E-state index in [2.05, 4.69) is 16.9 Å². The molecule has 1 aromatic rings. The lowest BCUT2D eigenvalue weighted by Gasteiger charge is -2.30. The Hall–Kier alpha value is -0.880. The van der Waals surface area contributed by atoms with Gasteiger partial charge in [-0.3, -0.25) is 9.58 Å². The summed E-state index contributed by atoms with van der Waals surface area (Å²) in [5, 5.41) is 4.35. The van der Waals surface area contributed by atoms with Crippen LogP contribution in [0.25, 0.3) is 0 Å². The van der Waals surface area contributed by atoms with Crippen LogP contribution in [0.5, 0.6) is 0 Å². The Labute approximate surface area is 108 Å². The fourth-order valence-electron chi connectivity index (χ4n) is 3.22. The molecule has 0 bridgehead atoms. The summed E-state index contributed by atoms with van der Waals surface area (Å²) >= 11 is 0. The van der Waals surface area contributed by atoms with Crippen LogP contribution in [0.1, 0.15) is 19.0 Å². The van der Waals surface area contributed by atoms with Crippen LogP contribution in [0.15, 0.2) is 12.3 Å². The molecule has 0 radical (unpaired) electrons. The highest BCUT2D eigenvalue weighted by Crippen LogP contribution is 2.37. The molecule has 3 heterocycles. The smallest absolute Gasteiger partial charge is 0.151 e. The van der Waals surface area contributed by atoms with Gasteiger partial charge >= 0.3 is 0 Å². The maximum atomic E-state index is 11.8. The summed E-state index contributed by atoms with van der Waals surface area (Å²) < 4.78 is 25.6. The molecule has 1 aromatic heterocycles. The molecule has 0 aliphatic carbocycles. The number of sulfone groups is 1. The molecule has 0 N–H and O–H groups in total. The highest BCUT2D eigenvalue weighted by molar-refractivity contribution is 7.91. The van der Waals surface area contributed by atoms with Crippen molar-refractivity contribution in [2.24, 2.45) is 5.41 Å². The van der Waals surface area contributed by atoms with E-state index in [1.54, 1.807) is 0 Å². The summed E-state index contributed by atoms with van der Waals surface area (Å²) in [6, 6.07) is 2.03. The minimum Gasteiger partial charge on any atom is -0.297 e. The van der Waals surface area contributed by atoms with E-state index in [9.17, 15) is 8.42 Å². The molecular weight excluding hydrogens is 250 g/mol. The van der Waals surface area contributed by atoms with Crippen molar-refractivity contribution in [3.05, 3.63) is 18.0 Å². The number of hydrogen-bond donors (Lipinski definition) is 0. The molecule has 100 valence electrons. The monoisotopic (exact) mass is 269 g/mol. The maximum Gasteiger partial charge on any atom is 0.151 e. The Morgan fingerprint density at radius 2 is 2.28 bits per heavy atom. The molecule has 2 aliphatic rings. The first kappa shape index (κ1) is 12.2. The topological polar surface area (TPSA) is 55.2 Å². The van der Waals surface area contributed by atoms with Gasteiger partial charge in [0.15, 0.2) is 9.84 Å². The van der Waals surface area contributed by atoms with E-state index in [4.69, 9.17) is 0 Å². The van der Waals surface area contributed by atoms with Gasteiger partial charge in [0, 0.05) is 31.2 Å². The van der Waals surface area contributed by atoms with Crippen molar-refractivity contribution < 1.29 is 8.42 Å². The predicted octanol–water partition coefficient (Wildman–Crippen LogP) is 0.524. The van der Waals surface area contributed by atoms with Gasteiger partial charge in [0.1, 0.15) is 0 Å². The Kier molecular flexibility index (Phi) is 2.75. The number of rotatable bonds is 1. The molecule has 1 spiro atoms. The van der Waals surface area contributed by atoms with Crippen molar-refractivity contribution in [1.82, 2.24) is 14.7 Å². The minimum absolute atomic E-state index is 0.133. The number of aromatic nitrogens is 2. The van der Waals surface area contributed by atoms with Gasteiger partial charge in [-0.25, -0.2) is 8.42 Å². The van der Waals surface area contributed by atoms with E-state index < -0.39 is 9.84 Å². The average molecular weight is 269 g/mol. The van der Waals surface area contributed by atoms with Gasteiger partial charge in [0.25, 0.3) is 0 Å². The van der Waals surface area contributed by atoms with E-state index >= 15 is 0 Å². The van der Waals surface area contributed by atoms with Crippen LogP contribution in [0.3, 0.4) is 0 Å². The fraction of sp³-hybridized carbons (Fsp3) is 0.750. The summed E-state index contributed by atoms with van der Waals surface area (Å²) in [7, 11) is -2.86. The molecule has 3 rings (SSSR count). The Morgan fingerprint density at radius 1 is 1.44 bits per heavy atom. The lowest BCUT2D eigenvalue weighted by atomic mass is 9.87. The standard InChI is InChI=1S/C12H19N3O2S/c1-2-14-7-11-3-5-13-15(11)9-12(8-14)4-6-18(16,17)10-12/h3,5H,2,4,6-10H2,1H3. The first-order chi connectivity index (χ1) is 8.52. The lowest BCUT2D eigenvalue weighted by Crippen LogP contribution is -2.38. The van der Waals surface area contributed by atoms with Crippen LogP contribution in [0.4, 0.5) is 0 Å². The number of hydrogen-bond acceptors (Lipinski definition) is 4. The highest BCUT2D eigenvalue weighted by Gasteiger charge is 2.45. The van der Waals surface area contributed by atoms with Crippen molar-refractivity contribution >= 4 is 9.84 Å². The normalized spacial score (nSPS) is 31.4. The summed E-state index contributed by atoms with van der Waals surface area (Å²) in [6.45, 7) is 5.56. The number of fused-ring (bicyclic) bond motifs is 1. The first-order valence-corrected chi connectivity index (χ1v) is 8.28. The Balaban J connectivity index is 1.97. The molecule has 5 nitrogen and oxygen atoms in total. The van der Waals surface area contributed by atoms with Crippen LogP contribution >= 0.6 is 0 Å². The summed E-state index contributed by atoms with van der Waals surface area (Å²) in [5.41, 5.74) is 1.06. The quantitative estimate of drug-likeness (QED) is 0.746.